The molecular weight excluding hydrogens is 971 g/mol. The van der Waals surface area contributed by atoms with E-state index in [-0.39, 0.29) is 32.7 Å². The zero-order valence-electron chi connectivity index (χ0n) is 46.5. The lowest BCUT2D eigenvalue weighted by molar-refractivity contribution is -0.180. The zero-order valence-corrected chi connectivity index (χ0v) is 50.9. The number of carbonyl (C=O) groups excluding carboxylic acids is 6. The molecule has 4 atom stereocenters. The predicted octanol–water partition coefficient (Wildman–Crippen LogP) is 12.6. The maximum atomic E-state index is 14.2. The highest BCUT2D eigenvalue weighted by Crippen LogP contribution is 2.42. The van der Waals surface area contributed by atoms with Gasteiger partial charge in [0.05, 0.1) is 22.1 Å². The highest BCUT2D eigenvalue weighted by Gasteiger charge is 2.44. The number of Topliss-reactive ketones (excluding diaryl/α,β-unsaturated/α-hetero) is 1. The first kappa shape index (κ1) is 67.7. The van der Waals surface area contributed by atoms with Gasteiger partial charge >= 0.3 is 23.9 Å². The van der Waals surface area contributed by atoms with Crippen molar-refractivity contribution in [3.63, 3.8) is 0 Å². The van der Waals surface area contributed by atoms with Gasteiger partial charge < -0.3 is 18.9 Å². The van der Waals surface area contributed by atoms with Crippen molar-refractivity contribution in [2.45, 2.75) is 216 Å². The Hall–Kier alpha value is -1.33. The monoisotopic (exact) mass is 1070 g/mol. The molecule has 0 amide bonds. The number of allylic oxidation sites excluding steroid dienone is 2. The SMILES string of the molecule is CCCC(C)(C)C(=O)OCC(COC(=O)C(C)NCSC(=O)C(C)(C)CC(C)(C)S)(COC(=O)C(C)(C)C/C(S)=C\C(C)C(=O)C(C)(C)CC(C)(C)SC(C)CC)COC(=O)C(C)(C)CC(C)(C)S. The summed E-state index contributed by atoms with van der Waals surface area (Å²) in [6.45, 7) is 38.2. The normalized spacial score (nSPS) is 15.9. The van der Waals surface area contributed by atoms with E-state index in [1.807, 2.05) is 81.0 Å². The van der Waals surface area contributed by atoms with Crippen LogP contribution in [0.25, 0.3) is 0 Å². The smallest absolute Gasteiger partial charge is 0.322 e. The molecule has 0 saturated carbocycles. The molecule has 0 aromatic heterocycles. The van der Waals surface area contributed by atoms with Crippen molar-refractivity contribution in [2.75, 3.05) is 32.3 Å². The number of hydrogen-bond donors (Lipinski definition) is 4. The van der Waals surface area contributed by atoms with Crippen LogP contribution in [0.1, 0.15) is 190 Å². The van der Waals surface area contributed by atoms with Gasteiger partial charge in [0.1, 0.15) is 43.7 Å². The molecule has 1 N–H and O–H groups in total. The Morgan fingerprint density at radius 3 is 1.48 bits per heavy atom. The number of thioether (sulfide) groups is 2. The van der Waals surface area contributed by atoms with Crippen molar-refractivity contribution in [2.24, 2.45) is 38.4 Å². The van der Waals surface area contributed by atoms with Crippen LogP contribution in [0, 0.1) is 38.4 Å². The number of ether oxygens (including phenoxy) is 4. The molecule has 0 fully saturated rings. The molecule has 16 heteroatoms. The molecule has 0 spiro atoms. The number of ketones is 1. The predicted molar refractivity (Wildman–Crippen MR) is 297 cm³/mol. The van der Waals surface area contributed by atoms with Crippen molar-refractivity contribution in [3.05, 3.63) is 11.0 Å². The van der Waals surface area contributed by atoms with Crippen LogP contribution < -0.4 is 5.32 Å². The van der Waals surface area contributed by atoms with E-state index in [4.69, 9.17) is 31.6 Å². The lowest BCUT2D eigenvalue weighted by atomic mass is 9.75. The van der Waals surface area contributed by atoms with Gasteiger partial charge in [-0.1, -0.05) is 121 Å². The second-order valence-corrected chi connectivity index (χ2v) is 30.8. The van der Waals surface area contributed by atoms with Crippen LogP contribution in [0.5, 0.6) is 0 Å². The minimum Gasteiger partial charge on any atom is -0.464 e. The topological polar surface area (TPSA) is 151 Å². The van der Waals surface area contributed by atoms with Gasteiger partial charge in [0.2, 0.25) is 0 Å². The molecule has 0 heterocycles. The van der Waals surface area contributed by atoms with Crippen LogP contribution in [0.4, 0.5) is 0 Å². The van der Waals surface area contributed by atoms with E-state index in [2.05, 4.69) is 58.3 Å². The Morgan fingerprint density at radius 2 is 1.03 bits per heavy atom. The van der Waals surface area contributed by atoms with Gasteiger partial charge in [-0.15, -0.1) is 12.6 Å². The van der Waals surface area contributed by atoms with Gasteiger partial charge in [-0.05, 0) is 91.9 Å². The minimum absolute atomic E-state index is 0.0564. The molecule has 0 radical (unpaired) electrons. The van der Waals surface area contributed by atoms with Gasteiger partial charge in [0, 0.05) is 36.2 Å². The van der Waals surface area contributed by atoms with E-state index >= 15 is 0 Å². The second kappa shape index (κ2) is 27.3. The highest BCUT2D eigenvalue weighted by atomic mass is 32.2. The Balaban J connectivity index is 6.82. The van der Waals surface area contributed by atoms with Gasteiger partial charge in [0.15, 0.2) is 5.12 Å². The van der Waals surface area contributed by atoms with Crippen molar-refractivity contribution >= 4 is 96.2 Å². The van der Waals surface area contributed by atoms with Crippen molar-refractivity contribution in [3.8, 4) is 0 Å². The van der Waals surface area contributed by atoms with E-state index in [9.17, 15) is 28.8 Å². The molecule has 0 rings (SSSR count). The average molecular weight is 1070 g/mol. The molecule has 11 nitrogen and oxygen atoms in total. The van der Waals surface area contributed by atoms with Crippen LogP contribution in [0.3, 0.4) is 0 Å². The summed E-state index contributed by atoms with van der Waals surface area (Å²) in [6, 6.07) is -0.880. The number of thiol groups is 3. The number of esters is 4. The fourth-order valence-corrected chi connectivity index (χ4v) is 12.8. The summed E-state index contributed by atoms with van der Waals surface area (Å²) >= 11 is 17.0. The van der Waals surface area contributed by atoms with Gasteiger partial charge in [-0.3, -0.25) is 34.1 Å². The fourth-order valence-electron chi connectivity index (χ4n) is 8.77. The van der Waals surface area contributed by atoms with E-state index in [0.29, 0.717) is 42.3 Å². The van der Waals surface area contributed by atoms with Crippen LogP contribution in [0.2, 0.25) is 0 Å². The minimum atomic E-state index is -1.55. The third kappa shape index (κ3) is 25.5. The van der Waals surface area contributed by atoms with Crippen LogP contribution in [-0.2, 0) is 47.7 Å². The zero-order chi connectivity index (χ0) is 54.4. The molecule has 0 aliphatic carbocycles. The quantitative estimate of drug-likeness (QED) is 0.0219. The van der Waals surface area contributed by atoms with Gasteiger partial charge in [0.25, 0.3) is 0 Å². The van der Waals surface area contributed by atoms with Crippen molar-refractivity contribution < 1.29 is 47.7 Å². The second-order valence-electron chi connectivity index (χ2n) is 24.7. The molecule has 0 aliphatic rings. The number of rotatable bonds is 32. The maximum Gasteiger partial charge on any atom is 0.322 e. The molecule has 0 bridgehead atoms. The van der Waals surface area contributed by atoms with E-state index in [1.165, 1.54) is 0 Å². The number of nitrogens with one attached hydrogen (secondary N) is 1. The Bertz CT molecular complexity index is 1760. The van der Waals surface area contributed by atoms with E-state index in [0.717, 1.165) is 18.2 Å². The van der Waals surface area contributed by atoms with Crippen LogP contribution in [0.15, 0.2) is 11.0 Å². The molecule has 69 heavy (non-hydrogen) atoms. The first-order valence-electron chi connectivity index (χ1n) is 24.5. The van der Waals surface area contributed by atoms with E-state index in [1.54, 1.807) is 54.5 Å². The third-order valence-electron chi connectivity index (χ3n) is 11.9. The summed E-state index contributed by atoms with van der Waals surface area (Å²) in [5.74, 6) is -2.69. The van der Waals surface area contributed by atoms with Gasteiger partial charge in [-0.2, -0.15) is 37.0 Å². The Kier molecular flexibility index (Phi) is 26.8. The highest BCUT2D eigenvalue weighted by molar-refractivity contribution is 8.13. The maximum absolute atomic E-state index is 14.2. The molecule has 0 aliphatic heterocycles. The lowest BCUT2D eigenvalue weighted by Crippen LogP contribution is -2.47. The molecule has 0 aromatic rings. The number of carbonyl (C=O) groups is 6. The third-order valence-corrected chi connectivity index (χ3v) is 15.2. The Labute approximate surface area is 444 Å². The molecule has 4 unspecified atom stereocenters. The van der Waals surface area contributed by atoms with Gasteiger partial charge in [-0.25, -0.2) is 0 Å². The van der Waals surface area contributed by atoms with Crippen molar-refractivity contribution in [1.82, 2.24) is 5.32 Å². The number of hydrogen-bond acceptors (Lipinski definition) is 16. The summed E-state index contributed by atoms with van der Waals surface area (Å²) in [4.78, 5) is 82.8. The first-order valence-corrected chi connectivity index (χ1v) is 27.7. The summed E-state index contributed by atoms with van der Waals surface area (Å²) in [5, 5.41) is 3.46. The molecule has 402 valence electrons. The summed E-state index contributed by atoms with van der Waals surface area (Å²) < 4.78 is 23.0. The molecule has 0 saturated heterocycles. The molecule has 0 aromatic carbocycles. The lowest BCUT2D eigenvalue weighted by Gasteiger charge is -2.36. The molecular formula is C53H95NO10S5. The van der Waals surface area contributed by atoms with Crippen LogP contribution in [-0.4, -0.2) is 92.6 Å². The average Bonchev–Trinajstić information content (AvgIpc) is 3.16. The van der Waals surface area contributed by atoms with Crippen LogP contribution >= 0.6 is 61.4 Å². The summed E-state index contributed by atoms with van der Waals surface area (Å²) in [5.41, 5.74) is -5.86. The van der Waals surface area contributed by atoms with E-state index < -0.39 is 99.5 Å². The standard InChI is InChI=1S/C53H95NO10S5/c1-22-24-45(6,7)41(57)62-31-53(33-64-43(59)48(12,13)27-50(16,17)66,30-61-40(56)37(5)54-34-68-44(60)49(14,15)28-51(18,19)67)32-63-42(58)46(8,9)26-38(65)25-35(3)39(55)47(10,11)29-52(20,21)69-36(4)23-2/h25,35-37,54,65-67H,22-24,26-34H2,1-21H3/b38-25+. The summed E-state index contributed by atoms with van der Waals surface area (Å²) in [7, 11) is 0. The fraction of sp³-hybridized carbons (Fsp3) is 0.849. The largest absolute Gasteiger partial charge is 0.464 e. The Morgan fingerprint density at radius 1 is 0.594 bits per heavy atom. The summed E-state index contributed by atoms with van der Waals surface area (Å²) in [6.07, 6.45) is 5.82. The van der Waals surface area contributed by atoms with Crippen molar-refractivity contribution in [1.29, 1.82) is 0 Å². The first-order chi connectivity index (χ1) is 30.9.